The number of fused-ring (bicyclic) bond motifs is 1. The maximum Gasteiger partial charge on any atom is 0.267 e. The molecule has 0 radical (unpaired) electrons. The molecule has 5 nitrogen and oxygen atoms in total. The summed E-state index contributed by atoms with van der Waals surface area (Å²) in [6, 6.07) is 21.4. The summed E-state index contributed by atoms with van der Waals surface area (Å²) >= 11 is 1.53. The number of nitrogens with zero attached hydrogens (tertiary/aromatic N) is 2. The zero-order valence-electron chi connectivity index (χ0n) is 17.8. The van der Waals surface area contributed by atoms with Gasteiger partial charge in [-0.05, 0) is 48.7 Å². The number of amides is 1. The first-order valence-corrected chi connectivity index (χ1v) is 10.8. The van der Waals surface area contributed by atoms with E-state index in [4.69, 9.17) is 14.5 Å². The molecule has 0 bridgehead atoms. The lowest BCUT2D eigenvalue weighted by molar-refractivity contribution is -0.120. The van der Waals surface area contributed by atoms with Crippen LogP contribution < -0.4 is 14.4 Å². The van der Waals surface area contributed by atoms with Gasteiger partial charge in [-0.15, -0.1) is 0 Å². The van der Waals surface area contributed by atoms with E-state index in [1.54, 1.807) is 24.1 Å². The van der Waals surface area contributed by atoms with Gasteiger partial charge >= 0.3 is 0 Å². The van der Waals surface area contributed by atoms with Crippen LogP contribution in [0.15, 0.2) is 66.7 Å². The van der Waals surface area contributed by atoms with Crippen LogP contribution in [0.2, 0.25) is 0 Å². The summed E-state index contributed by atoms with van der Waals surface area (Å²) in [5.41, 5.74) is 4.26. The predicted molar refractivity (Wildman–Crippen MR) is 125 cm³/mol. The number of anilines is 1. The zero-order valence-corrected chi connectivity index (χ0v) is 18.6. The number of methoxy groups -OCH3 is 1. The fourth-order valence-corrected chi connectivity index (χ4v) is 4.58. The lowest BCUT2D eigenvalue weighted by atomic mass is 10.1. The second-order valence-corrected chi connectivity index (χ2v) is 8.37. The SMILES string of the molecule is COc1cccc(OCC(=O)N(Cc2ccccc2)c2nc3c(C)cc(C)cc3s2)c1. The van der Waals surface area contributed by atoms with Gasteiger partial charge in [-0.25, -0.2) is 4.98 Å². The van der Waals surface area contributed by atoms with Gasteiger partial charge in [-0.2, -0.15) is 0 Å². The number of carbonyl (C=O) groups is 1. The molecule has 0 atom stereocenters. The number of aromatic nitrogens is 1. The Labute approximate surface area is 185 Å². The molecule has 0 aliphatic heterocycles. The second-order valence-electron chi connectivity index (χ2n) is 7.36. The Kier molecular flexibility index (Phi) is 6.18. The molecule has 0 saturated heterocycles. The van der Waals surface area contributed by atoms with E-state index in [0.29, 0.717) is 23.2 Å². The molecule has 3 aromatic carbocycles. The largest absolute Gasteiger partial charge is 0.497 e. The summed E-state index contributed by atoms with van der Waals surface area (Å²) in [5, 5.41) is 0.673. The topological polar surface area (TPSA) is 51.7 Å². The highest BCUT2D eigenvalue weighted by Crippen LogP contribution is 2.32. The summed E-state index contributed by atoms with van der Waals surface area (Å²) in [6.07, 6.45) is 0. The predicted octanol–water partition coefficient (Wildman–Crippen LogP) is 5.53. The van der Waals surface area contributed by atoms with Crippen molar-refractivity contribution in [2.75, 3.05) is 18.6 Å². The molecule has 1 heterocycles. The quantitative estimate of drug-likeness (QED) is 0.385. The standard InChI is InChI=1S/C25H24N2O3S/c1-17-12-18(2)24-22(13-17)31-25(26-24)27(15-19-8-5-4-6-9-19)23(28)16-30-21-11-7-10-20(14-21)29-3/h4-14H,15-16H2,1-3H3. The van der Waals surface area contributed by atoms with Crippen LogP contribution in [0.5, 0.6) is 11.5 Å². The van der Waals surface area contributed by atoms with Gasteiger partial charge in [-0.1, -0.05) is 53.8 Å². The zero-order chi connectivity index (χ0) is 21.8. The highest BCUT2D eigenvalue weighted by molar-refractivity contribution is 7.22. The summed E-state index contributed by atoms with van der Waals surface area (Å²) in [7, 11) is 1.60. The molecule has 1 amide bonds. The third-order valence-electron chi connectivity index (χ3n) is 4.94. The lowest BCUT2D eigenvalue weighted by Crippen LogP contribution is -2.34. The van der Waals surface area contributed by atoms with Gasteiger partial charge in [0.25, 0.3) is 5.91 Å². The van der Waals surface area contributed by atoms with E-state index in [1.165, 1.54) is 16.9 Å². The Morgan fingerprint density at radius 2 is 1.77 bits per heavy atom. The van der Waals surface area contributed by atoms with Gasteiger partial charge < -0.3 is 9.47 Å². The second kappa shape index (κ2) is 9.18. The highest BCUT2D eigenvalue weighted by Gasteiger charge is 2.21. The molecule has 0 saturated carbocycles. The van der Waals surface area contributed by atoms with Gasteiger partial charge in [0.05, 0.1) is 23.9 Å². The summed E-state index contributed by atoms with van der Waals surface area (Å²) in [6.45, 7) is 4.46. The van der Waals surface area contributed by atoms with Crippen molar-refractivity contribution in [3.8, 4) is 11.5 Å². The maximum absolute atomic E-state index is 13.2. The molecule has 6 heteroatoms. The minimum Gasteiger partial charge on any atom is -0.497 e. The molecule has 0 aliphatic carbocycles. The van der Waals surface area contributed by atoms with Gasteiger partial charge in [0, 0.05) is 6.07 Å². The summed E-state index contributed by atoms with van der Waals surface area (Å²) in [5.74, 6) is 1.12. The van der Waals surface area contributed by atoms with Gasteiger partial charge in [0.15, 0.2) is 11.7 Å². The van der Waals surface area contributed by atoms with Crippen molar-refractivity contribution >= 4 is 32.6 Å². The van der Waals surface area contributed by atoms with Crippen LogP contribution in [0.3, 0.4) is 0 Å². The monoisotopic (exact) mass is 432 g/mol. The molecule has 158 valence electrons. The number of hydrogen-bond donors (Lipinski definition) is 0. The third-order valence-corrected chi connectivity index (χ3v) is 5.96. The smallest absolute Gasteiger partial charge is 0.267 e. The third kappa shape index (κ3) is 4.86. The van der Waals surface area contributed by atoms with Crippen molar-refractivity contribution in [2.45, 2.75) is 20.4 Å². The first kappa shape index (κ1) is 20.9. The van der Waals surface area contributed by atoms with Crippen LogP contribution in [-0.2, 0) is 11.3 Å². The fourth-order valence-electron chi connectivity index (χ4n) is 3.42. The van der Waals surface area contributed by atoms with Crippen molar-refractivity contribution in [2.24, 2.45) is 0 Å². The molecule has 4 rings (SSSR count). The van der Waals surface area contributed by atoms with Crippen LogP contribution in [0.1, 0.15) is 16.7 Å². The molecule has 31 heavy (non-hydrogen) atoms. The maximum atomic E-state index is 13.2. The van der Waals surface area contributed by atoms with Crippen LogP contribution in [0.25, 0.3) is 10.2 Å². The summed E-state index contributed by atoms with van der Waals surface area (Å²) < 4.78 is 12.1. The molecule has 0 N–H and O–H groups in total. The van der Waals surface area contributed by atoms with E-state index in [1.807, 2.05) is 49.4 Å². The van der Waals surface area contributed by atoms with E-state index in [9.17, 15) is 4.79 Å². The number of rotatable bonds is 7. The Bertz CT molecular complexity index is 1200. The average molecular weight is 433 g/mol. The minimum absolute atomic E-state index is 0.0893. The summed E-state index contributed by atoms with van der Waals surface area (Å²) in [4.78, 5) is 19.7. The highest BCUT2D eigenvalue weighted by atomic mass is 32.1. The molecular weight excluding hydrogens is 408 g/mol. The Morgan fingerprint density at radius 1 is 1.00 bits per heavy atom. The number of thiazole rings is 1. The first-order valence-electron chi connectivity index (χ1n) is 10.0. The Balaban J connectivity index is 1.62. The van der Waals surface area contributed by atoms with Crippen LogP contribution in [-0.4, -0.2) is 24.6 Å². The van der Waals surface area contributed by atoms with Gasteiger partial charge in [0.1, 0.15) is 11.5 Å². The Morgan fingerprint density at radius 3 is 2.55 bits per heavy atom. The van der Waals surface area contributed by atoms with Crippen molar-refractivity contribution in [1.82, 2.24) is 4.98 Å². The number of hydrogen-bond acceptors (Lipinski definition) is 5. The van der Waals surface area contributed by atoms with E-state index in [2.05, 4.69) is 19.1 Å². The van der Waals surface area contributed by atoms with E-state index < -0.39 is 0 Å². The molecule has 0 fully saturated rings. The molecule has 4 aromatic rings. The van der Waals surface area contributed by atoms with Crippen LogP contribution in [0.4, 0.5) is 5.13 Å². The van der Waals surface area contributed by atoms with Crippen molar-refractivity contribution < 1.29 is 14.3 Å². The minimum atomic E-state index is -0.153. The van der Waals surface area contributed by atoms with E-state index in [-0.39, 0.29) is 12.5 Å². The molecule has 1 aromatic heterocycles. The van der Waals surface area contributed by atoms with Gasteiger partial charge in [0.2, 0.25) is 0 Å². The normalized spacial score (nSPS) is 10.8. The van der Waals surface area contributed by atoms with Crippen molar-refractivity contribution in [1.29, 1.82) is 0 Å². The van der Waals surface area contributed by atoms with Gasteiger partial charge in [-0.3, -0.25) is 9.69 Å². The van der Waals surface area contributed by atoms with Crippen molar-refractivity contribution in [3.05, 3.63) is 83.4 Å². The number of benzene rings is 3. The first-order chi connectivity index (χ1) is 15.0. The average Bonchev–Trinajstić information content (AvgIpc) is 3.20. The Hall–Kier alpha value is -3.38. The number of carbonyl (C=O) groups excluding carboxylic acids is 1. The lowest BCUT2D eigenvalue weighted by Gasteiger charge is -2.20. The van der Waals surface area contributed by atoms with Crippen LogP contribution in [0, 0.1) is 13.8 Å². The molecular formula is C25H24N2O3S. The molecule has 0 unspecified atom stereocenters. The number of aryl methyl sites for hydroxylation is 2. The van der Waals surface area contributed by atoms with Crippen molar-refractivity contribution in [3.63, 3.8) is 0 Å². The molecule has 0 aliphatic rings. The van der Waals surface area contributed by atoms with Crippen LogP contribution >= 0.6 is 11.3 Å². The fraction of sp³-hybridized carbons (Fsp3) is 0.200. The number of ether oxygens (including phenoxy) is 2. The van der Waals surface area contributed by atoms with E-state index >= 15 is 0 Å². The van der Waals surface area contributed by atoms with E-state index in [0.717, 1.165) is 21.3 Å². The molecule has 0 spiro atoms.